The van der Waals surface area contributed by atoms with E-state index in [-0.39, 0.29) is 5.75 Å². The second kappa shape index (κ2) is 7.73. The van der Waals surface area contributed by atoms with E-state index in [9.17, 15) is 13.2 Å². The van der Waals surface area contributed by atoms with E-state index in [1.165, 1.54) is 23.9 Å². The van der Waals surface area contributed by atoms with Gasteiger partial charge in [0.2, 0.25) is 5.16 Å². The summed E-state index contributed by atoms with van der Waals surface area (Å²) in [4.78, 5) is 0. The predicted molar refractivity (Wildman–Crippen MR) is 112 cm³/mol. The number of hydrogen-bond acceptors (Lipinski definition) is 5. The van der Waals surface area contributed by atoms with Crippen LogP contribution >= 0.6 is 27.7 Å². The Kier molecular flexibility index (Phi) is 5.39. The summed E-state index contributed by atoms with van der Waals surface area (Å²) in [7, 11) is 0. The van der Waals surface area contributed by atoms with Crippen molar-refractivity contribution in [2.24, 2.45) is 5.10 Å². The maximum absolute atomic E-state index is 12.4. The molecule has 0 N–H and O–H groups in total. The maximum atomic E-state index is 12.4. The molecule has 156 valence electrons. The number of benzene rings is 2. The highest BCUT2D eigenvalue weighted by atomic mass is 79.9. The minimum atomic E-state index is -4.72. The van der Waals surface area contributed by atoms with Gasteiger partial charge in [0.05, 0.1) is 11.1 Å². The first-order chi connectivity index (χ1) is 14.1. The standard InChI is InChI=1S/C20H16BrF3N4OS/c1-19(2,13-5-7-14(21)8-6-13)17-25-26-18-28(17)27-16(11-30-18)12-3-9-15(10-4-12)29-20(22,23)24/h3-10H,11H2,1-2H3. The number of rotatable bonds is 4. The minimum Gasteiger partial charge on any atom is -0.406 e. The molecule has 3 aromatic rings. The lowest BCUT2D eigenvalue weighted by Crippen LogP contribution is -2.25. The lowest BCUT2D eigenvalue weighted by Gasteiger charge is -2.25. The molecule has 0 amide bonds. The van der Waals surface area contributed by atoms with Gasteiger partial charge in [0.25, 0.3) is 0 Å². The number of aromatic nitrogens is 3. The smallest absolute Gasteiger partial charge is 0.406 e. The Hall–Kier alpha value is -2.33. The number of alkyl halides is 3. The molecule has 1 aromatic heterocycles. The topological polar surface area (TPSA) is 52.3 Å². The summed E-state index contributed by atoms with van der Waals surface area (Å²) >= 11 is 4.93. The molecule has 0 bridgehead atoms. The quantitative estimate of drug-likeness (QED) is 0.470. The molecule has 10 heteroatoms. The van der Waals surface area contributed by atoms with E-state index < -0.39 is 11.8 Å². The van der Waals surface area contributed by atoms with Crippen molar-refractivity contribution in [2.75, 3.05) is 5.75 Å². The zero-order valence-corrected chi connectivity index (χ0v) is 18.3. The Bertz CT molecular complexity index is 1090. The summed E-state index contributed by atoms with van der Waals surface area (Å²) in [6.45, 7) is 4.09. The summed E-state index contributed by atoms with van der Waals surface area (Å²) in [5, 5.41) is 14.0. The lowest BCUT2D eigenvalue weighted by atomic mass is 9.84. The molecular formula is C20H16BrF3N4OS. The van der Waals surface area contributed by atoms with Crippen molar-refractivity contribution >= 4 is 33.4 Å². The third-order valence-corrected chi connectivity index (χ3v) is 6.18. The number of ether oxygens (including phenoxy) is 1. The molecule has 2 heterocycles. The highest BCUT2D eigenvalue weighted by Crippen LogP contribution is 2.35. The third kappa shape index (κ3) is 4.24. The fraction of sp³-hybridized carbons (Fsp3) is 0.250. The molecule has 0 saturated heterocycles. The maximum Gasteiger partial charge on any atom is 0.573 e. The van der Waals surface area contributed by atoms with E-state index in [1.54, 1.807) is 16.8 Å². The van der Waals surface area contributed by atoms with Crippen LogP contribution in [0.2, 0.25) is 0 Å². The predicted octanol–water partition coefficient (Wildman–Crippen LogP) is 5.62. The number of nitrogens with zero attached hydrogens (tertiary/aromatic N) is 4. The molecule has 0 unspecified atom stereocenters. The van der Waals surface area contributed by atoms with Crippen molar-refractivity contribution in [3.05, 3.63) is 70.0 Å². The summed E-state index contributed by atoms with van der Waals surface area (Å²) in [6, 6.07) is 13.7. The number of thioether (sulfide) groups is 1. The van der Waals surface area contributed by atoms with E-state index in [0.717, 1.165) is 15.7 Å². The van der Waals surface area contributed by atoms with Gasteiger partial charge in [-0.05, 0) is 61.4 Å². The molecule has 0 radical (unpaired) electrons. The third-order valence-electron chi connectivity index (χ3n) is 4.72. The first-order valence-corrected chi connectivity index (χ1v) is 10.7. The summed E-state index contributed by atoms with van der Waals surface area (Å²) in [5.74, 6) is 0.954. The second-order valence-electron chi connectivity index (χ2n) is 7.16. The molecule has 0 aliphatic carbocycles. The summed E-state index contributed by atoms with van der Waals surface area (Å²) in [6.07, 6.45) is -4.72. The SMILES string of the molecule is CC(C)(c1ccc(Br)cc1)c1nnc2n1N=C(c1ccc(OC(F)(F)F)cc1)CS2. The molecule has 1 aliphatic rings. The molecule has 1 aliphatic heterocycles. The van der Waals surface area contributed by atoms with Gasteiger partial charge in [-0.25, -0.2) is 0 Å². The first kappa shape index (κ1) is 20.9. The molecule has 5 nitrogen and oxygen atoms in total. The Morgan fingerprint density at radius 2 is 1.67 bits per heavy atom. The van der Waals surface area contributed by atoms with Crippen LogP contribution in [0.25, 0.3) is 0 Å². The van der Waals surface area contributed by atoms with E-state index in [1.807, 2.05) is 38.1 Å². The molecule has 0 saturated carbocycles. The monoisotopic (exact) mass is 496 g/mol. The van der Waals surface area contributed by atoms with Crippen LogP contribution in [0, 0.1) is 0 Å². The van der Waals surface area contributed by atoms with Crippen molar-refractivity contribution < 1.29 is 17.9 Å². The van der Waals surface area contributed by atoms with Crippen molar-refractivity contribution in [1.82, 2.24) is 14.9 Å². The van der Waals surface area contributed by atoms with Crippen LogP contribution in [0.5, 0.6) is 5.75 Å². The molecular weight excluding hydrogens is 481 g/mol. The summed E-state index contributed by atoms with van der Waals surface area (Å²) < 4.78 is 43.8. The Balaban J connectivity index is 1.66. The van der Waals surface area contributed by atoms with Gasteiger partial charge in [-0.15, -0.1) is 23.4 Å². The molecule has 4 rings (SSSR count). The molecule has 0 spiro atoms. The van der Waals surface area contributed by atoms with Gasteiger partial charge in [-0.3, -0.25) is 0 Å². The highest BCUT2D eigenvalue weighted by molar-refractivity contribution is 9.10. The van der Waals surface area contributed by atoms with Gasteiger partial charge < -0.3 is 4.74 Å². The van der Waals surface area contributed by atoms with E-state index >= 15 is 0 Å². The highest BCUT2D eigenvalue weighted by Gasteiger charge is 2.33. The van der Waals surface area contributed by atoms with Crippen molar-refractivity contribution in [3.8, 4) is 5.75 Å². The van der Waals surface area contributed by atoms with Gasteiger partial charge in [0.15, 0.2) is 5.82 Å². The van der Waals surface area contributed by atoms with Crippen LogP contribution < -0.4 is 4.74 Å². The average molecular weight is 497 g/mol. The van der Waals surface area contributed by atoms with Gasteiger partial charge in [-0.2, -0.15) is 9.78 Å². The Morgan fingerprint density at radius 3 is 2.30 bits per heavy atom. The van der Waals surface area contributed by atoms with Gasteiger partial charge in [-0.1, -0.05) is 39.8 Å². The van der Waals surface area contributed by atoms with E-state index in [2.05, 4.69) is 30.9 Å². The van der Waals surface area contributed by atoms with Gasteiger partial charge in [0, 0.05) is 10.2 Å². The van der Waals surface area contributed by atoms with Gasteiger partial charge >= 0.3 is 6.36 Å². The van der Waals surface area contributed by atoms with Crippen LogP contribution in [0.3, 0.4) is 0 Å². The number of hydrogen-bond donors (Lipinski definition) is 0. The van der Waals surface area contributed by atoms with E-state index in [0.29, 0.717) is 22.3 Å². The van der Waals surface area contributed by atoms with Crippen molar-refractivity contribution in [2.45, 2.75) is 30.8 Å². The zero-order valence-electron chi connectivity index (χ0n) is 15.9. The second-order valence-corrected chi connectivity index (χ2v) is 9.02. The number of fused-ring (bicyclic) bond motifs is 1. The molecule has 0 fully saturated rings. The van der Waals surface area contributed by atoms with Gasteiger partial charge in [0.1, 0.15) is 5.75 Å². The largest absolute Gasteiger partial charge is 0.573 e. The van der Waals surface area contributed by atoms with Crippen molar-refractivity contribution in [3.63, 3.8) is 0 Å². The Morgan fingerprint density at radius 1 is 1.00 bits per heavy atom. The zero-order chi connectivity index (χ0) is 21.5. The summed E-state index contributed by atoms with van der Waals surface area (Å²) in [5.41, 5.74) is 2.03. The first-order valence-electron chi connectivity index (χ1n) is 8.92. The lowest BCUT2D eigenvalue weighted by molar-refractivity contribution is -0.274. The fourth-order valence-electron chi connectivity index (χ4n) is 3.10. The minimum absolute atomic E-state index is 0.266. The Labute approximate surface area is 183 Å². The van der Waals surface area contributed by atoms with Crippen LogP contribution in [0.1, 0.15) is 30.8 Å². The molecule has 30 heavy (non-hydrogen) atoms. The van der Waals surface area contributed by atoms with Crippen LogP contribution in [-0.2, 0) is 5.41 Å². The fourth-order valence-corrected chi connectivity index (χ4v) is 4.21. The molecule has 2 aromatic carbocycles. The van der Waals surface area contributed by atoms with Crippen LogP contribution in [0.4, 0.5) is 13.2 Å². The molecule has 0 atom stereocenters. The van der Waals surface area contributed by atoms with Crippen LogP contribution in [-0.4, -0.2) is 32.7 Å². The van der Waals surface area contributed by atoms with Crippen LogP contribution in [0.15, 0.2) is 63.3 Å². The normalized spacial score (nSPS) is 14.3. The number of halogens is 4. The average Bonchev–Trinajstić information content (AvgIpc) is 3.12. The van der Waals surface area contributed by atoms with Crippen molar-refractivity contribution in [1.29, 1.82) is 0 Å². The van der Waals surface area contributed by atoms with E-state index in [4.69, 9.17) is 5.10 Å².